The fourth-order valence-electron chi connectivity index (χ4n) is 2.71. The van der Waals surface area contributed by atoms with E-state index in [0.29, 0.717) is 23.9 Å². The molecule has 29 heavy (non-hydrogen) atoms. The minimum absolute atomic E-state index is 0.0496. The van der Waals surface area contributed by atoms with Gasteiger partial charge in [-0.2, -0.15) is 0 Å². The number of nitrogens with zero attached hydrogens (tertiary/aromatic N) is 3. The van der Waals surface area contributed by atoms with Crippen LogP contribution in [0.5, 0.6) is 11.5 Å². The van der Waals surface area contributed by atoms with Crippen molar-refractivity contribution in [3.05, 3.63) is 54.6 Å². The van der Waals surface area contributed by atoms with Crippen LogP contribution >= 0.6 is 0 Å². The molecule has 0 bridgehead atoms. The SMILES string of the molecule is COc1ccc(S(=O)(=O)NCCNc2cc(-n3cccc3)nc(C)n2)c(OC)c1. The van der Waals surface area contributed by atoms with Crippen molar-refractivity contribution in [2.75, 3.05) is 32.6 Å². The lowest BCUT2D eigenvalue weighted by molar-refractivity contribution is 0.386. The van der Waals surface area contributed by atoms with Gasteiger partial charge in [0.1, 0.15) is 33.9 Å². The first-order chi connectivity index (χ1) is 13.9. The summed E-state index contributed by atoms with van der Waals surface area (Å²) in [4.78, 5) is 8.78. The highest BCUT2D eigenvalue weighted by Gasteiger charge is 2.19. The van der Waals surface area contributed by atoms with E-state index < -0.39 is 10.0 Å². The van der Waals surface area contributed by atoms with Gasteiger partial charge in [-0.05, 0) is 31.2 Å². The van der Waals surface area contributed by atoms with Crippen LogP contribution < -0.4 is 19.5 Å². The maximum absolute atomic E-state index is 12.6. The number of hydrogen-bond acceptors (Lipinski definition) is 7. The van der Waals surface area contributed by atoms with Crippen LogP contribution in [0.2, 0.25) is 0 Å². The first-order valence-corrected chi connectivity index (χ1v) is 10.4. The highest BCUT2D eigenvalue weighted by molar-refractivity contribution is 7.89. The average molecular weight is 417 g/mol. The molecule has 0 saturated heterocycles. The molecule has 0 aliphatic heterocycles. The lowest BCUT2D eigenvalue weighted by Crippen LogP contribution is -2.29. The Morgan fingerprint density at radius 3 is 2.48 bits per heavy atom. The van der Waals surface area contributed by atoms with Crippen molar-refractivity contribution >= 4 is 15.8 Å². The van der Waals surface area contributed by atoms with E-state index in [1.165, 1.54) is 26.4 Å². The number of hydrogen-bond donors (Lipinski definition) is 2. The minimum atomic E-state index is -3.74. The third kappa shape index (κ3) is 5.04. The second-order valence-corrected chi connectivity index (χ2v) is 7.83. The van der Waals surface area contributed by atoms with Crippen molar-refractivity contribution in [3.8, 4) is 17.3 Å². The molecule has 154 valence electrons. The van der Waals surface area contributed by atoms with Crippen molar-refractivity contribution in [2.45, 2.75) is 11.8 Å². The van der Waals surface area contributed by atoms with Gasteiger partial charge in [-0.1, -0.05) is 0 Å². The molecule has 9 nitrogen and oxygen atoms in total. The van der Waals surface area contributed by atoms with Gasteiger partial charge in [-0.3, -0.25) is 0 Å². The zero-order valence-electron chi connectivity index (χ0n) is 16.4. The Bertz CT molecular complexity index is 1070. The normalized spacial score (nSPS) is 11.3. The lowest BCUT2D eigenvalue weighted by Gasteiger charge is -2.13. The summed E-state index contributed by atoms with van der Waals surface area (Å²) >= 11 is 0. The predicted octanol–water partition coefficient (Wildman–Crippen LogP) is 1.98. The van der Waals surface area contributed by atoms with Crippen molar-refractivity contribution in [1.82, 2.24) is 19.3 Å². The summed E-state index contributed by atoms with van der Waals surface area (Å²) < 4.78 is 39.9. The van der Waals surface area contributed by atoms with E-state index in [0.717, 1.165) is 5.82 Å². The number of sulfonamides is 1. The van der Waals surface area contributed by atoms with Crippen LogP contribution in [0.15, 0.2) is 53.7 Å². The molecule has 2 aromatic heterocycles. The van der Waals surface area contributed by atoms with Crippen LogP contribution in [0.3, 0.4) is 0 Å². The molecule has 10 heteroatoms. The number of anilines is 1. The number of rotatable bonds is 9. The van der Waals surface area contributed by atoms with Gasteiger partial charge in [0.2, 0.25) is 10.0 Å². The number of nitrogens with one attached hydrogen (secondary N) is 2. The van der Waals surface area contributed by atoms with Gasteiger partial charge >= 0.3 is 0 Å². The maximum Gasteiger partial charge on any atom is 0.244 e. The van der Waals surface area contributed by atoms with Crippen LogP contribution in [0.25, 0.3) is 5.82 Å². The smallest absolute Gasteiger partial charge is 0.244 e. The Kier molecular flexibility index (Phi) is 6.35. The molecule has 0 radical (unpaired) electrons. The Balaban J connectivity index is 1.63. The molecule has 0 amide bonds. The van der Waals surface area contributed by atoms with E-state index in [1.807, 2.05) is 29.1 Å². The molecule has 1 aromatic carbocycles. The van der Waals surface area contributed by atoms with Crippen LogP contribution in [0, 0.1) is 6.92 Å². The van der Waals surface area contributed by atoms with E-state index in [9.17, 15) is 8.42 Å². The van der Waals surface area contributed by atoms with Crippen molar-refractivity contribution in [2.24, 2.45) is 0 Å². The summed E-state index contributed by atoms with van der Waals surface area (Å²) in [5, 5.41) is 3.12. The highest BCUT2D eigenvalue weighted by Crippen LogP contribution is 2.28. The van der Waals surface area contributed by atoms with Crippen molar-refractivity contribution in [3.63, 3.8) is 0 Å². The van der Waals surface area contributed by atoms with Gasteiger partial charge in [-0.25, -0.2) is 23.1 Å². The maximum atomic E-state index is 12.6. The van der Waals surface area contributed by atoms with Crippen molar-refractivity contribution in [1.29, 1.82) is 0 Å². The molecule has 3 rings (SSSR count). The molecule has 0 saturated carbocycles. The number of aryl methyl sites for hydroxylation is 1. The van der Waals surface area contributed by atoms with Gasteiger partial charge in [0.15, 0.2) is 0 Å². The summed E-state index contributed by atoms with van der Waals surface area (Å²) in [6.45, 7) is 2.32. The molecule has 0 atom stereocenters. The predicted molar refractivity (Wildman–Crippen MR) is 109 cm³/mol. The highest BCUT2D eigenvalue weighted by atomic mass is 32.2. The number of aromatic nitrogens is 3. The van der Waals surface area contributed by atoms with E-state index >= 15 is 0 Å². The Labute approximate surface area is 169 Å². The standard InChI is InChI=1S/C19H23N5O4S/c1-14-22-18(13-19(23-14)24-10-4-5-11-24)20-8-9-21-29(25,26)17-7-6-15(27-2)12-16(17)28-3/h4-7,10-13,21H,8-9H2,1-3H3,(H,20,22,23). The van der Waals surface area contributed by atoms with Crippen LogP contribution in [-0.4, -0.2) is 50.3 Å². The zero-order chi connectivity index (χ0) is 20.9. The van der Waals surface area contributed by atoms with Gasteiger partial charge in [0.25, 0.3) is 0 Å². The molecular weight excluding hydrogens is 394 g/mol. The molecule has 0 aliphatic rings. The van der Waals surface area contributed by atoms with Gasteiger partial charge in [-0.15, -0.1) is 0 Å². The van der Waals surface area contributed by atoms with E-state index in [1.54, 1.807) is 19.1 Å². The van der Waals surface area contributed by atoms with Gasteiger partial charge in [0, 0.05) is 37.6 Å². The zero-order valence-corrected chi connectivity index (χ0v) is 17.2. The summed E-state index contributed by atoms with van der Waals surface area (Å²) in [5.41, 5.74) is 0. The Hall–Kier alpha value is -3.11. The number of methoxy groups -OCH3 is 2. The average Bonchev–Trinajstić information content (AvgIpc) is 3.25. The molecule has 2 heterocycles. The van der Waals surface area contributed by atoms with Crippen LogP contribution in [-0.2, 0) is 10.0 Å². The van der Waals surface area contributed by atoms with E-state index in [2.05, 4.69) is 20.0 Å². The molecular formula is C19H23N5O4S. The van der Waals surface area contributed by atoms with E-state index in [4.69, 9.17) is 9.47 Å². The Morgan fingerprint density at radius 2 is 1.79 bits per heavy atom. The quantitative estimate of drug-likeness (QED) is 0.513. The molecule has 0 aliphatic carbocycles. The second kappa shape index (κ2) is 8.93. The Morgan fingerprint density at radius 1 is 1.03 bits per heavy atom. The molecule has 0 unspecified atom stereocenters. The molecule has 3 aromatic rings. The van der Waals surface area contributed by atoms with Crippen molar-refractivity contribution < 1.29 is 17.9 Å². The van der Waals surface area contributed by atoms with Crippen LogP contribution in [0.4, 0.5) is 5.82 Å². The number of benzene rings is 1. The summed E-state index contributed by atoms with van der Waals surface area (Å²) in [7, 11) is -0.826. The monoisotopic (exact) mass is 417 g/mol. The summed E-state index contributed by atoms with van der Waals surface area (Å²) in [6, 6.07) is 10.2. The number of ether oxygens (including phenoxy) is 2. The van der Waals surface area contributed by atoms with Gasteiger partial charge in [0.05, 0.1) is 14.2 Å². The summed E-state index contributed by atoms with van der Waals surface area (Å²) in [5.74, 6) is 2.69. The van der Waals surface area contributed by atoms with E-state index in [-0.39, 0.29) is 17.2 Å². The topological polar surface area (TPSA) is 107 Å². The second-order valence-electron chi connectivity index (χ2n) is 6.09. The third-order valence-corrected chi connectivity index (χ3v) is 5.58. The fourth-order valence-corrected chi connectivity index (χ4v) is 3.89. The first kappa shape index (κ1) is 20.6. The van der Waals surface area contributed by atoms with Gasteiger partial charge < -0.3 is 19.4 Å². The lowest BCUT2D eigenvalue weighted by atomic mass is 10.3. The minimum Gasteiger partial charge on any atom is -0.497 e. The fraction of sp³-hybridized carbons (Fsp3) is 0.263. The molecule has 0 spiro atoms. The molecule has 2 N–H and O–H groups in total. The molecule has 0 fully saturated rings. The third-order valence-electron chi connectivity index (χ3n) is 4.08. The first-order valence-electron chi connectivity index (χ1n) is 8.87. The largest absolute Gasteiger partial charge is 0.497 e. The summed E-state index contributed by atoms with van der Waals surface area (Å²) in [6.07, 6.45) is 3.78. The van der Waals surface area contributed by atoms with Crippen LogP contribution in [0.1, 0.15) is 5.82 Å².